The Morgan fingerprint density at radius 1 is 1.13 bits per heavy atom. The van der Waals surface area contributed by atoms with Crippen LogP contribution < -0.4 is 20.1 Å². The van der Waals surface area contributed by atoms with Gasteiger partial charge < -0.3 is 20.1 Å². The molecule has 2 aromatic carbocycles. The van der Waals surface area contributed by atoms with Crippen LogP contribution in [0.15, 0.2) is 42.5 Å². The van der Waals surface area contributed by atoms with Gasteiger partial charge in [0.2, 0.25) is 0 Å². The SMILES string of the molecule is COc1ccc(NC(=O)NCc2ccccc2)c(C#N)c1OC. The zero-order valence-electron chi connectivity index (χ0n) is 12.9. The first-order chi connectivity index (χ1) is 11.2. The van der Waals surface area contributed by atoms with E-state index in [0.717, 1.165) is 5.56 Å². The smallest absolute Gasteiger partial charge is 0.319 e. The van der Waals surface area contributed by atoms with Crippen molar-refractivity contribution in [2.45, 2.75) is 6.54 Å². The van der Waals surface area contributed by atoms with Crippen LogP contribution in [0.5, 0.6) is 11.5 Å². The van der Waals surface area contributed by atoms with E-state index in [2.05, 4.69) is 10.6 Å². The predicted molar refractivity (Wildman–Crippen MR) is 86.6 cm³/mol. The number of anilines is 1. The van der Waals surface area contributed by atoms with Crippen LogP contribution in [0.2, 0.25) is 0 Å². The van der Waals surface area contributed by atoms with E-state index >= 15 is 0 Å². The van der Waals surface area contributed by atoms with Gasteiger partial charge >= 0.3 is 6.03 Å². The second-order valence-corrected chi connectivity index (χ2v) is 4.63. The van der Waals surface area contributed by atoms with Crippen LogP contribution in [0.25, 0.3) is 0 Å². The Labute approximate surface area is 134 Å². The van der Waals surface area contributed by atoms with Gasteiger partial charge in [-0.05, 0) is 17.7 Å². The van der Waals surface area contributed by atoms with Crippen molar-refractivity contribution in [3.05, 3.63) is 53.6 Å². The van der Waals surface area contributed by atoms with E-state index in [1.807, 2.05) is 36.4 Å². The van der Waals surface area contributed by atoms with E-state index in [1.165, 1.54) is 14.2 Å². The highest BCUT2D eigenvalue weighted by atomic mass is 16.5. The van der Waals surface area contributed by atoms with Crippen molar-refractivity contribution in [3.63, 3.8) is 0 Å². The van der Waals surface area contributed by atoms with E-state index in [0.29, 0.717) is 18.0 Å². The number of nitriles is 1. The zero-order valence-corrected chi connectivity index (χ0v) is 12.9. The third-order valence-corrected chi connectivity index (χ3v) is 3.20. The molecule has 0 saturated heterocycles. The van der Waals surface area contributed by atoms with E-state index in [-0.39, 0.29) is 11.3 Å². The minimum atomic E-state index is -0.405. The summed E-state index contributed by atoms with van der Waals surface area (Å²) in [6.45, 7) is 0.391. The Balaban J connectivity index is 2.10. The number of methoxy groups -OCH3 is 2. The van der Waals surface area contributed by atoms with Gasteiger partial charge in [-0.15, -0.1) is 0 Å². The van der Waals surface area contributed by atoms with Gasteiger partial charge in [0.05, 0.1) is 19.9 Å². The number of amides is 2. The lowest BCUT2D eigenvalue weighted by Gasteiger charge is -2.14. The van der Waals surface area contributed by atoms with Crippen molar-refractivity contribution >= 4 is 11.7 Å². The van der Waals surface area contributed by atoms with Crippen molar-refractivity contribution in [2.24, 2.45) is 0 Å². The number of hydrogen-bond acceptors (Lipinski definition) is 4. The van der Waals surface area contributed by atoms with Gasteiger partial charge in [0, 0.05) is 6.54 Å². The second-order valence-electron chi connectivity index (χ2n) is 4.63. The van der Waals surface area contributed by atoms with E-state index < -0.39 is 6.03 Å². The van der Waals surface area contributed by atoms with Gasteiger partial charge in [0.1, 0.15) is 11.6 Å². The molecule has 2 aromatic rings. The fourth-order valence-corrected chi connectivity index (χ4v) is 2.09. The van der Waals surface area contributed by atoms with Gasteiger partial charge in [-0.1, -0.05) is 30.3 Å². The lowest BCUT2D eigenvalue weighted by molar-refractivity contribution is 0.251. The number of benzene rings is 2. The van der Waals surface area contributed by atoms with Crippen molar-refractivity contribution < 1.29 is 14.3 Å². The highest BCUT2D eigenvalue weighted by Crippen LogP contribution is 2.35. The summed E-state index contributed by atoms with van der Waals surface area (Å²) in [5, 5.41) is 14.7. The summed E-state index contributed by atoms with van der Waals surface area (Å²) in [7, 11) is 2.93. The Morgan fingerprint density at radius 3 is 2.48 bits per heavy atom. The van der Waals surface area contributed by atoms with E-state index in [1.54, 1.807) is 12.1 Å². The lowest BCUT2D eigenvalue weighted by Crippen LogP contribution is -2.28. The van der Waals surface area contributed by atoms with E-state index in [9.17, 15) is 10.1 Å². The minimum absolute atomic E-state index is 0.210. The Bertz CT molecular complexity index is 724. The molecule has 23 heavy (non-hydrogen) atoms. The summed E-state index contributed by atoms with van der Waals surface area (Å²) in [6, 6.07) is 14.4. The number of nitrogens with one attached hydrogen (secondary N) is 2. The van der Waals surface area contributed by atoms with Gasteiger partial charge in [-0.25, -0.2) is 4.79 Å². The number of hydrogen-bond donors (Lipinski definition) is 2. The Hall–Kier alpha value is -3.20. The maximum Gasteiger partial charge on any atom is 0.319 e. The zero-order chi connectivity index (χ0) is 16.7. The van der Waals surface area contributed by atoms with Crippen molar-refractivity contribution in [3.8, 4) is 17.6 Å². The molecule has 0 atom stereocenters. The standard InChI is InChI=1S/C17H17N3O3/c1-22-15-9-8-14(13(10-18)16(15)23-2)20-17(21)19-11-12-6-4-3-5-7-12/h3-9H,11H2,1-2H3,(H2,19,20,21). The maximum atomic E-state index is 12.0. The summed E-state index contributed by atoms with van der Waals surface area (Å²) in [4.78, 5) is 12.0. The first kappa shape index (κ1) is 16.2. The van der Waals surface area contributed by atoms with Gasteiger partial charge in [-0.3, -0.25) is 0 Å². The first-order valence-corrected chi connectivity index (χ1v) is 6.93. The molecular weight excluding hydrogens is 294 g/mol. The molecule has 0 aromatic heterocycles. The average Bonchev–Trinajstić information content (AvgIpc) is 2.60. The van der Waals surface area contributed by atoms with Crippen LogP contribution in [0.3, 0.4) is 0 Å². The lowest BCUT2D eigenvalue weighted by atomic mass is 10.1. The van der Waals surface area contributed by atoms with Gasteiger partial charge in [0.25, 0.3) is 0 Å². The molecule has 118 valence electrons. The Kier molecular flexibility index (Phi) is 5.42. The number of carbonyl (C=O) groups is 1. The second kappa shape index (κ2) is 7.71. The molecule has 0 heterocycles. The molecule has 0 saturated carbocycles. The average molecular weight is 311 g/mol. The van der Waals surface area contributed by atoms with Crippen molar-refractivity contribution in [1.82, 2.24) is 5.32 Å². The molecule has 2 amide bonds. The minimum Gasteiger partial charge on any atom is -0.493 e. The third-order valence-electron chi connectivity index (χ3n) is 3.20. The summed E-state index contributed by atoms with van der Waals surface area (Å²) in [5.41, 5.74) is 1.55. The van der Waals surface area contributed by atoms with Crippen LogP contribution in [0.1, 0.15) is 11.1 Å². The van der Waals surface area contributed by atoms with Crippen molar-refractivity contribution in [1.29, 1.82) is 5.26 Å². The third kappa shape index (κ3) is 3.92. The quantitative estimate of drug-likeness (QED) is 0.889. The molecule has 6 nitrogen and oxygen atoms in total. The molecule has 0 fully saturated rings. The predicted octanol–water partition coefficient (Wildman–Crippen LogP) is 2.90. The summed E-state index contributed by atoms with van der Waals surface area (Å²) < 4.78 is 10.3. The number of carbonyl (C=O) groups excluding carboxylic acids is 1. The van der Waals surface area contributed by atoms with Crippen molar-refractivity contribution in [2.75, 3.05) is 19.5 Å². The number of rotatable bonds is 5. The molecule has 0 spiro atoms. The normalized spacial score (nSPS) is 9.61. The molecule has 2 N–H and O–H groups in total. The summed E-state index contributed by atoms with van der Waals surface area (Å²) >= 11 is 0. The van der Waals surface area contributed by atoms with Crippen LogP contribution in [0.4, 0.5) is 10.5 Å². The highest BCUT2D eigenvalue weighted by molar-refractivity contribution is 5.91. The fraction of sp³-hybridized carbons (Fsp3) is 0.176. The molecule has 6 heteroatoms. The summed E-state index contributed by atoms with van der Waals surface area (Å²) in [6.07, 6.45) is 0. The maximum absolute atomic E-state index is 12.0. The molecule has 2 rings (SSSR count). The summed E-state index contributed by atoms with van der Waals surface area (Å²) in [5.74, 6) is 0.718. The molecule has 0 radical (unpaired) electrons. The van der Waals surface area contributed by atoms with Crippen LogP contribution in [0, 0.1) is 11.3 Å². The topological polar surface area (TPSA) is 83.4 Å². The molecular formula is C17H17N3O3. The number of nitrogens with zero attached hydrogens (tertiary/aromatic N) is 1. The molecule has 0 aliphatic rings. The van der Waals surface area contributed by atoms with Crippen LogP contribution >= 0.6 is 0 Å². The molecule has 0 aliphatic heterocycles. The monoisotopic (exact) mass is 311 g/mol. The van der Waals surface area contributed by atoms with E-state index in [4.69, 9.17) is 9.47 Å². The Morgan fingerprint density at radius 2 is 1.87 bits per heavy atom. The fourth-order valence-electron chi connectivity index (χ4n) is 2.09. The molecule has 0 aliphatic carbocycles. The number of ether oxygens (including phenoxy) is 2. The van der Waals surface area contributed by atoms with Crippen LogP contribution in [-0.4, -0.2) is 20.3 Å². The first-order valence-electron chi connectivity index (χ1n) is 6.93. The number of urea groups is 1. The largest absolute Gasteiger partial charge is 0.493 e. The highest BCUT2D eigenvalue weighted by Gasteiger charge is 2.16. The van der Waals surface area contributed by atoms with Crippen LogP contribution in [-0.2, 0) is 6.54 Å². The van der Waals surface area contributed by atoms with Gasteiger partial charge in [0.15, 0.2) is 11.5 Å². The van der Waals surface area contributed by atoms with Gasteiger partial charge in [-0.2, -0.15) is 5.26 Å². The molecule has 0 bridgehead atoms. The molecule has 0 unspecified atom stereocenters.